The summed E-state index contributed by atoms with van der Waals surface area (Å²) in [5.74, 6) is 0. The van der Waals surface area contributed by atoms with Crippen molar-refractivity contribution < 1.29 is 17.9 Å². The number of rotatable bonds is 3. The largest absolute Gasteiger partial charge is 0.340 e. The Morgan fingerprint density at radius 2 is 1.73 bits per heavy atom. The molecule has 0 aromatic carbocycles. The van der Waals surface area contributed by atoms with Crippen molar-refractivity contribution in [3.05, 3.63) is 0 Å². The maximum absolute atomic E-state index is 12.5. The molecular formula is C7H13F3O. The van der Waals surface area contributed by atoms with Crippen LogP contribution >= 0.6 is 0 Å². The smallest absolute Gasteiger partial charge is 0.233 e. The summed E-state index contributed by atoms with van der Waals surface area (Å²) in [6.07, 6.45) is -4.34. The average Bonchev–Trinajstić information content (AvgIpc) is 1.82. The highest BCUT2D eigenvalue weighted by molar-refractivity contribution is 4.65. The standard InChI is InChI=1S/C7H13F3O/c1-7(2,3)11-6(10)5(9)4-8/h5-6H,4H2,1-3H3. The van der Waals surface area contributed by atoms with Crippen LogP contribution in [0.25, 0.3) is 0 Å². The van der Waals surface area contributed by atoms with Crippen molar-refractivity contribution in [1.82, 2.24) is 0 Å². The van der Waals surface area contributed by atoms with Crippen molar-refractivity contribution in [2.75, 3.05) is 6.67 Å². The van der Waals surface area contributed by atoms with E-state index in [9.17, 15) is 13.2 Å². The minimum absolute atomic E-state index is 0.779. The van der Waals surface area contributed by atoms with Crippen molar-refractivity contribution in [3.63, 3.8) is 0 Å². The summed E-state index contributed by atoms with van der Waals surface area (Å²) in [5, 5.41) is 0. The minimum Gasteiger partial charge on any atom is -0.340 e. The normalized spacial score (nSPS) is 18.0. The second kappa shape index (κ2) is 3.95. The molecular weight excluding hydrogens is 157 g/mol. The van der Waals surface area contributed by atoms with E-state index in [0.717, 1.165) is 0 Å². The van der Waals surface area contributed by atoms with E-state index in [2.05, 4.69) is 4.74 Å². The van der Waals surface area contributed by atoms with Crippen molar-refractivity contribution in [2.24, 2.45) is 0 Å². The zero-order valence-electron chi connectivity index (χ0n) is 6.90. The van der Waals surface area contributed by atoms with Crippen LogP contribution in [0.2, 0.25) is 0 Å². The van der Waals surface area contributed by atoms with Crippen molar-refractivity contribution in [3.8, 4) is 0 Å². The van der Waals surface area contributed by atoms with Crippen LogP contribution in [0.3, 0.4) is 0 Å². The predicted octanol–water partition coefficient (Wildman–Crippen LogP) is 2.40. The second-order valence-corrected chi connectivity index (χ2v) is 3.25. The number of halogens is 3. The average molecular weight is 170 g/mol. The minimum atomic E-state index is -2.17. The van der Waals surface area contributed by atoms with Gasteiger partial charge < -0.3 is 4.74 Å². The molecule has 2 unspecified atom stereocenters. The van der Waals surface area contributed by atoms with E-state index in [4.69, 9.17) is 0 Å². The van der Waals surface area contributed by atoms with E-state index in [0.29, 0.717) is 0 Å². The molecule has 1 nitrogen and oxygen atoms in total. The van der Waals surface area contributed by atoms with E-state index in [1.807, 2.05) is 0 Å². The summed E-state index contributed by atoms with van der Waals surface area (Å²) in [4.78, 5) is 0. The van der Waals surface area contributed by atoms with Crippen LogP contribution in [0.5, 0.6) is 0 Å². The first-order valence-electron chi connectivity index (χ1n) is 3.39. The summed E-state index contributed by atoms with van der Waals surface area (Å²) >= 11 is 0. The Kier molecular flexibility index (Phi) is 3.86. The fourth-order valence-electron chi connectivity index (χ4n) is 0.482. The lowest BCUT2D eigenvalue weighted by Crippen LogP contribution is -2.31. The molecule has 0 spiro atoms. The van der Waals surface area contributed by atoms with Gasteiger partial charge in [-0.25, -0.2) is 13.2 Å². The first-order chi connectivity index (χ1) is 4.87. The highest BCUT2D eigenvalue weighted by atomic mass is 19.2. The summed E-state index contributed by atoms with van der Waals surface area (Å²) in [7, 11) is 0. The van der Waals surface area contributed by atoms with Gasteiger partial charge >= 0.3 is 0 Å². The molecule has 0 aromatic heterocycles. The topological polar surface area (TPSA) is 9.23 Å². The third kappa shape index (κ3) is 5.07. The van der Waals surface area contributed by atoms with Crippen LogP contribution in [0.15, 0.2) is 0 Å². The Bertz CT molecular complexity index is 111. The lowest BCUT2D eigenvalue weighted by molar-refractivity contribution is -0.156. The van der Waals surface area contributed by atoms with Gasteiger partial charge in [0, 0.05) is 0 Å². The van der Waals surface area contributed by atoms with Gasteiger partial charge in [0.25, 0.3) is 0 Å². The fourth-order valence-corrected chi connectivity index (χ4v) is 0.482. The predicted molar refractivity (Wildman–Crippen MR) is 36.6 cm³/mol. The molecule has 0 rings (SSSR count). The molecule has 0 aliphatic heterocycles. The molecule has 0 heterocycles. The highest BCUT2D eigenvalue weighted by Crippen LogP contribution is 2.16. The van der Waals surface area contributed by atoms with Crippen LogP contribution in [-0.2, 0) is 4.74 Å². The van der Waals surface area contributed by atoms with Crippen LogP contribution in [0.1, 0.15) is 20.8 Å². The van der Waals surface area contributed by atoms with E-state index in [1.54, 1.807) is 20.8 Å². The number of hydrogen-bond donors (Lipinski definition) is 0. The van der Waals surface area contributed by atoms with Gasteiger partial charge in [-0.15, -0.1) is 0 Å². The molecule has 0 aromatic rings. The molecule has 0 saturated heterocycles. The van der Waals surface area contributed by atoms with E-state index >= 15 is 0 Å². The molecule has 0 aliphatic carbocycles. The molecule has 68 valence electrons. The molecule has 0 saturated carbocycles. The molecule has 0 bridgehead atoms. The highest BCUT2D eigenvalue weighted by Gasteiger charge is 2.26. The molecule has 0 radical (unpaired) electrons. The number of alkyl halides is 3. The van der Waals surface area contributed by atoms with Gasteiger partial charge in [-0.2, -0.15) is 0 Å². The molecule has 0 fully saturated rings. The Labute approximate surface area is 64.5 Å². The summed E-state index contributed by atoms with van der Waals surface area (Å²) in [6, 6.07) is 0. The number of ether oxygens (including phenoxy) is 1. The van der Waals surface area contributed by atoms with E-state index in [1.165, 1.54) is 0 Å². The Balaban J connectivity index is 3.77. The summed E-state index contributed by atoms with van der Waals surface area (Å²) in [6.45, 7) is 3.37. The van der Waals surface area contributed by atoms with Crippen LogP contribution in [0.4, 0.5) is 13.2 Å². The molecule has 0 N–H and O–H groups in total. The van der Waals surface area contributed by atoms with Crippen LogP contribution in [0, 0.1) is 0 Å². The maximum atomic E-state index is 12.5. The monoisotopic (exact) mass is 170 g/mol. The van der Waals surface area contributed by atoms with Crippen molar-refractivity contribution in [2.45, 2.75) is 38.9 Å². The zero-order valence-corrected chi connectivity index (χ0v) is 6.90. The zero-order chi connectivity index (χ0) is 9.07. The first-order valence-corrected chi connectivity index (χ1v) is 3.39. The number of hydrogen-bond acceptors (Lipinski definition) is 1. The maximum Gasteiger partial charge on any atom is 0.233 e. The van der Waals surface area contributed by atoms with E-state index in [-0.39, 0.29) is 0 Å². The van der Waals surface area contributed by atoms with Gasteiger partial charge in [-0.3, -0.25) is 0 Å². The Hall–Kier alpha value is -0.250. The van der Waals surface area contributed by atoms with Gasteiger partial charge in [-0.05, 0) is 20.8 Å². The SMILES string of the molecule is CC(C)(C)OC(F)C(F)CF. The summed E-state index contributed by atoms with van der Waals surface area (Å²) < 4.78 is 40.7. The van der Waals surface area contributed by atoms with Crippen molar-refractivity contribution >= 4 is 0 Å². The first kappa shape index (κ1) is 10.8. The van der Waals surface area contributed by atoms with Gasteiger partial charge in [0.15, 0.2) is 6.17 Å². The molecule has 2 atom stereocenters. The molecule has 0 amide bonds. The molecule has 11 heavy (non-hydrogen) atoms. The molecule has 0 aliphatic rings. The Morgan fingerprint density at radius 1 is 1.27 bits per heavy atom. The molecule has 4 heteroatoms. The lowest BCUT2D eigenvalue weighted by atomic mass is 10.2. The van der Waals surface area contributed by atoms with Gasteiger partial charge in [0.2, 0.25) is 6.36 Å². The lowest BCUT2D eigenvalue weighted by Gasteiger charge is -2.23. The summed E-state index contributed by atoms with van der Waals surface area (Å²) in [5.41, 5.74) is -0.779. The third-order valence-corrected chi connectivity index (χ3v) is 0.898. The third-order valence-electron chi connectivity index (χ3n) is 0.898. The second-order valence-electron chi connectivity index (χ2n) is 3.25. The Morgan fingerprint density at radius 3 is 2.00 bits per heavy atom. The van der Waals surface area contributed by atoms with Crippen molar-refractivity contribution in [1.29, 1.82) is 0 Å². The van der Waals surface area contributed by atoms with E-state index < -0.39 is 24.8 Å². The van der Waals surface area contributed by atoms with Crippen LogP contribution < -0.4 is 0 Å². The van der Waals surface area contributed by atoms with Gasteiger partial charge in [0.1, 0.15) is 6.67 Å². The van der Waals surface area contributed by atoms with Gasteiger partial charge in [-0.1, -0.05) is 0 Å². The van der Waals surface area contributed by atoms with Crippen LogP contribution in [-0.4, -0.2) is 24.8 Å². The van der Waals surface area contributed by atoms with Gasteiger partial charge in [0.05, 0.1) is 5.60 Å². The fraction of sp³-hybridized carbons (Fsp3) is 1.00. The quantitative estimate of drug-likeness (QED) is 0.632.